The highest BCUT2D eigenvalue weighted by molar-refractivity contribution is 7.81. The summed E-state index contributed by atoms with van der Waals surface area (Å²) >= 11 is 25.5. The van der Waals surface area contributed by atoms with Gasteiger partial charge in [-0.25, -0.2) is 30.7 Å². The smallest absolute Gasteiger partial charge is 0.427 e. The number of halogens is 1. The molecule has 1 aromatic heterocycles. The molecule has 8 N–H and O–H groups in total. The van der Waals surface area contributed by atoms with Crippen molar-refractivity contribution in [2.45, 2.75) is 40.5 Å². The Balaban J connectivity index is 0.000000369. The van der Waals surface area contributed by atoms with Gasteiger partial charge in [-0.1, -0.05) is 171 Å². The summed E-state index contributed by atoms with van der Waals surface area (Å²) in [6.07, 6.45) is 16.2. The second kappa shape index (κ2) is 64.9. The molecule has 125 heavy (non-hydrogen) atoms. The fourth-order valence-corrected chi connectivity index (χ4v) is 9.14. The summed E-state index contributed by atoms with van der Waals surface area (Å²) in [4.78, 5) is 83.4. The number of fused-ring (bicyclic) bond motifs is 1. The molecular weight excluding hydrogens is 1700 g/mol. The van der Waals surface area contributed by atoms with Crippen molar-refractivity contribution in [3.63, 3.8) is 0 Å². The van der Waals surface area contributed by atoms with E-state index < -0.39 is 11.0 Å². The third-order valence-corrected chi connectivity index (χ3v) is 17.0. The number of nitrogens with zero attached hydrogens (tertiary/aromatic N) is 11. The standard InChI is InChI=1S/C13H15NO3.C13H15NO2S.C12H15N3O2.C11H12N2O2S.C10H11ClN2O2.C10H10N4OS.C10H13N3OS.C9H10N2O/c1-16-12-7-5-11(6-8-12)4-3-9-14-10-13(15)17-2;1-3-12(17)9-14-8-10-4-6-11(7-5-10)13(15)16-2;16-12(15-6-8-17-9-7-15)14-13-10-11-4-2-1-3-5-11;1-2-11(16)8-12-7-9-3-5-10(6-4-9)13(14)15;1-2-15-10(14)13-12-7-8-3-5-9(11)6-4-8;1-11-10(16)14-13-8-6-4-2-3-5-7(6)12-9(8)15;1-11-10(15)13-12-7-8-3-5-9(14-2)6-4-8;1-8(12)11-10-7-9-5-3-2-4-6-9/h3-9H,10H2,1-2H3;4-8H,3,9H2,1-2H3;1-5,10H,6-9H2,(H,14,16);3-7H,2,8H2,1H3;3-7H,2H2,1H3,(H,13,14);2-5,12,15H,1H3,(H,11,16);3-7H,1-2H3,(H2,11,13,15);2-7H,1H3,(H,11,12)/b4-3+,14-9?;;13-10+;;12-7+;;12-7+;10-7+. The number of benzene rings is 8. The highest BCUT2D eigenvalue weighted by Gasteiger charge is 2.16. The molecule has 0 aliphatic carbocycles. The fourth-order valence-electron chi connectivity index (χ4n) is 8.77. The van der Waals surface area contributed by atoms with Gasteiger partial charge in [0.15, 0.2) is 10.8 Å². The lowest BCUT2D eigenvalue weighted by atomic mass is 10.1. The van der Waals surface area contributed by atoms with Gasteiger partial charge in [-0.15, -0.1) is 10.2 Å². The Hall–Kier alpha value is -13.9. The van der Waals surface area contributed by atoms with Crippen molar-refractivity contribution < 1.29 is 62.4 Å². The highest BCUT2D eigenvalue weighted by atomic mass is 35.5. The number of azo groups is 1. The van der Waals surface area contributed by atoms with Crippen LogP contribution in [0.4, 0.5) is 21.0 Å². The second-order valence-electron chi connectivity index (χ2n) is 24.4. The van der Waals surface area contributed by atoms with Crippen molar-refractivity contribution in [2.75, 3.05) is 95.1 Å². The topological polar surface area (TPSA) is 407 Å². The van der Waals surface area contributed by atoms with Crippen LogP contribution in [0.25, 0.3) is 17.0 Å². The number of rotatable bonds is 26. The predicted molar refractivity (Wildman–Crippen MR) is 513 cm³/mol. The maximum atomic E-state index is 11.6. The first-order chi connectivity index (χ1) is 60.4. The van der Waals surface area contributed by atoms with Crippen molar-refractivity contribution in [1.29, 1.82) is 0 Å². The molecule has 0 unspecified atom stereocenters. The number of aromatic amines is 1. The lowest BCUT2D eigenvalue weighted by Gasteiger charge is -2.25. The number of allylic oxidation sites excluding steroid dienone is 1. The van der Waals surface area contributed by atoms with Crippen LogP contribution in [0.15, 0.2) is 258 Å². The van der Waals surface area contributed by atoms with Crippen LogP contribution in [0.5, 0.6) is 17.4 Å². The number of hydrogen-bond acceptors (Lipinski definition) is 26. The maximum Gasteiger partial charge on any atom is 0.427 e. The number of ether oxygens (including phenoxy) is 6. The number of methoxy groups -OCH3 is 4. The number of morpholine rings is 1. The number of aromatic hydroxyl groups is 1. The van der Waals surface area contributed by atoms with E-state index in [1.165, 1.54) is 39.5 Å². The second-order valence-corrected chi connectivity index (χ2v) is 26.8. The Bertz CT molecular complexity index is 5060. The Kier molecular flexibility index (Phi) is 54.7. The van der Waals surface area contributed by atoms with Gasteiger partial charge in [0.1, 0.15) is 18.0 Å². The summed E-state index contributed by atoms with van der Waals surface area (Å²) < 4.78 is 28.9. The Morgan fingerprint density at radius 2 is 1.02 bits per heavy atom. The van der Waals surface area contributed by atoms with Gasteiger partial charge < -0.3 is 54.0 Å². The number of nitro groups is 1. The molecule has 1 aliphatic rings. The molecule has 2 heterocycles. The first kappa shape index (κ1) is 105. The van der Waals surface area contributed by atoms with Crippen LogP contribution in [0.2, 0.25) is 5.02 Å². The van der Waals surface area contributed by atoms with Crippen LogP contribution >= 0.6 is 60.5 Å². The SMILES string of the molecule is CC(=O)N/N=C/c1ccccc1.CCC(=S)CN=Cc1ccc(C(=O)OC)cc1.CCC(=S)CN=Cc1ccc([N+](=O)[O-])cc1.CCOC(=O)N/N=C/c1ccc(Cl)cc1.CNC(=S)N/N=C/c1ccc(OC)cc1.CNC(=S)N=Nc1c(O)[nH]c2ccccc12.COC(=O)CN=C/C=C/c1ccc(OC)cc1.O=C(N/N=C/c1ccccc1)N1CCOCC1. The molecular formula is C88H101ClN18O14S4. The zero-order valence-corrected chi connectivity index (χ0v) is 74.6. The maximum absolute atomic E-state index is 11.6. The number of non-ortho nitro benzene ring substituents is 1. The lowest BCUT2D eigenvalue weighted by molar-refractivity contribution is -0.384. The van der Waals surface area contributed by atoms with Gasteiger partial charge in [0.2, 0.25) is 16.9 Å². The van der Waals surface area contributed by atoms with Gasteiger partial charge in [0.05, 0.1) is 102 Å². The third-order valence-electron chi connectivity index (χ3n) is 15.3. The van der Waals surface area contributed by atoms with Crippen LogP contribution in [0, 0.1) is 10.1 Å². The van der Waals surface area contributed by atoms with E-state index in [-0.39, 0.29) is 47.1 Å². The van der Waals surface area contributed by atoms with Gasteiger partial charge in [0, 0.05) is 85.0 Å². The molecule has 1 aliphatic heterocycles. The average Bonchev–Trinajstić information content (AvgIpc) is 1.67. The molecule has 9 aromatic rings. The molecule has 37 heteroatoms. The van der Waals surface area contributed by atoms with Crippen LogP contribution in [0.3, 0.4) is 0 Å². The Labute approximate surface area is 752 Å². The zero-order chi connectivity index (χ0) is 91.6. The number of nitro benzene ring substituents is 1. The number of esters is 2. The molecule has 0 radical (unpaired) electrons. The van der Waals surface area contributed by atoms with Crippen molar-refractivity contribution in [2.24, 2.45) is 45.6 Å². The van der Waals surface area contributed by atoms with Gasteiger partial charge >= 0.3 is 24.1 Å². The zero-order valence-electron chi connectivity index (χ0n) is 70.6. The molecule has 0 atom stereocenters. The fraction of sp³-hybridized carbons (Fsp3) is 0.227. The van der Waals surface area contributed by atoms with Crippen LogP contribution in [0.1, 0.15) is 89.8 Å². The molecule has 0 bridgehead atoms. The van der Waals surface area contributed by atoms with Crippen LogP contribution in [-0.4, -0.2) is 208 Å². The summed E-state index contributed by atoms with van der Waals surface area (Å²) in [7, 11) is 9.36. The van der Waals surface area contributed by atoms with Crippen molar-refractivity contribution in [3.05, 3.63) is 272 Å². The molecule has 1 saturated heterocycles. The van der Waals surface area contributed by atoms with E-state index in [9.17, 15) is 39.2 Å². The minimum atomic E-state index is -0.567. The molecule has 4 amide bonds. The number of H-pyrrole nitrogens is 1. The summed E-state index contributed by atoms with van der Waals surface area (Å²) in [5.74, 6) is 0.790. The quantitative estimate of drug-likeness (QED) is 0.00475. The number of nitrogens with one attached hydrogen (secondary N) is 7. The molecule has 658 valence electrons. The van der Waals surface area contributed by atoms with Gasteiger partial charge in [0.25, 0.3) is 5.69 Å². The van der Waals surface area contributed by atoms with E-state index in [2.05, 4.69) is 97.1 Å². The summed E-state index contributed by atoms with van der Waals surface area (Å²) in [6, 6.07) is 62.0. The molecule has 10 rings (SSSR count). The number of hydrazone groups is 4. The Morgan fingerprint density at radius 1 is 0.560 bits per heavy atom. The van der Waals surface area contributed by atoms with Gasteiger partial charge in [-0.2, -0.15) is 20.4 Å². The third kappa shape index (κ3) is 48.4. The van der Waals surface area contributed by atoms with E-state index >= 15 is 0 Å². The first-order valence-electron chi connectivity index (χ1n) is 38.1. The minimum Gasteiger partial charge on any atom is -0.497 e. The summed E-state index contributed by atoms with van der Waals surface area (Å²) in [5, 5.41) is 50.6. The minimum absolute atomic E-state index is 0.0103. The molecule has 0 saturated carbocycles. The van der Waals surface area contributed by atoms with Gasteiger partial charge in [-0.05, 0) is 168 Å². The largest absolute Gasteiger partial charge is 0.497 e. The van der Waals surface area contributed by atoms with E-state index in [4.69, 9.17) is 74.7 Å². The van der Waals surface area contributed by atoms with E-state index in [1.807, 2.05) is 166 Å². The number of aromatic nitrogens is 1. The molecule has 32 nitrogen and oxygen atoms in total. The summed E-state index contributed by atoms with van der Waals surface area (Å²) in [6.45, 7) is 11.0. The predicted octanol–water partition coefficient (Wildman–Crippen LogP) is 15.6. The molecule has 0 spiro atoms. The number of urea groups is 1. The van der Waals surface area contributed by atoms with E-state index in [0.29, 0.717) is 67.4 Å². The van der Waals surface area contributed by atoms with Crippen molar-refractivity contribution >= 4 is 182 Å². The first-order valence-corrected chi connectivity index (χ1v) is 40.1. The number of carbonyl (C=O) groups is 5. The molecule has 8 aromatic carbocycles. The highest BCUT2D eigenvalue weighted by Crippen LogP contribution is 2.35. The number of aliphatic imine (C=N–C) groups is 3. The number of para-hydroxylation sites is 1. The normalized spacial score (nSPS) is 11.3. The number of thiocarbonyl (C=S) groups is 4. The molecule has 1 fully saturated rings. The number of carbonyl (C=O) groups excluding carboxylic acids is 5. The van der Waals surface area contributed by atoms with Crippen LogP contribution in [-0.2, 0) is 28.5 Å². The van der Waals surface area contributed by atoms with E-state index in [0.717, 1.165) is 83.9 Å². The number of amides is 4. The van der Waals surface area contributed by atoms with E-state index in [1.54, 1.807) is 132 Å². The Morgan fingerprint density at radius 3 is 1.50 bits per heavy atom. The van der Waals surface area contributed by atoms with Crippen molar-refractivity contribution in [1.82, 2.24) is 42.2 Å². The lowest BCUT2D eigenvalue weighted by Crippen LogP contribution is -2.44. The number of hydrogen-bond donors (Lipinski definition) is 8. The average molecular weight is 1800 g/mol. The van der Waals surface area contributed by atoms with Gasteiger partial charge in [-0.3, -0.25) is 40.1 Å². The monoisotopic (exact) mass is 1800 g/mol. The summed E-state index contributed by atoms with van der Waals surface area (Å²) in [5.41, 5.74) is 18.1. The van der Waals surface area contributed by atoms with Crippen molar-refractivity contribution in [3.8, 4) is 17.4 Å². The van der Waals surface area contributed by atoms with Crippen LogP contribution < -0.4 is 41.8 Å².